The van der Waals surface area contributed by atoms with E-state index in [9.17, 15) is 10.2 Å². The molecule has 1 saturated carbocycles. The molecule has 1 fully saturated rings. The van der Waals surface area contributed by atoms with E-state index in [0.29, 0.717) is 19.4 Å². The van der Waals surface area contributed by atoms with Crippen LogP contribution in [0.2, 0.25) is 0 Å². The summed E-state index contributed by atoms with van der Waals surface area (Å²) in [7, 11) is 0. The molecule has 1 atom stereocenters. The summed E-state index contributed by atoms with van der Waals surface area (Å²) in [6.45, 7) is 0.704. The lowest BCUT2D eigenvalue weighted by Crippen LogP contribution is -2.38. The van der Waals surface area contributed by atoms with Crippen LogP contribution in [-0.2, 0) is 6.42 Å². The number of aryl methyl sites for hydroxylation is 1. The second-order valence-corrected chi connectivity index (χ2v) is 5.85. The minimum atomic E-state index is -0.978. The number of fused-ring (bicyclic) bond motifs is 1. The van der Waals surface area contributed by atoms with Gasteiger partial charge in [0, 0.05) is 5.56 Å². The van der Waals surface area contributed by atoms with Crippen molar-refractivity contribution in [2.75, 3.05) is 6.61 Å². The second-order valence-electron chi connectivity index (χ2n) is 5.85. The molecule has 0 spiro atoms. The lowest BCUT2D eigenvalue weighted by atomic mass is 9.78. The van der Waals surface area contributed by atoms with Crippen LogP contribution in [-0.4, -0.2) is 22.4 Å². The SMILES string of the molecule is OC(c1cccc2c1OCCC2)C1(O)CCCCC1. The number of aliphatic hydroxyl groups is 2. The molecule has 104 valence electrons. The molecule has 0 radical (unpaired) electrons. The van der Waals surface area contributed by atoms with E-state index in [4.69, 9.17) is 4.74 Å². The van der Waals surface area contributed by atoms with E-state index in [-0.39, 0.29) is 0 Å². The van der Waals surface area contributed by atoms with E-state index in [1.165, 1.54) is 0 Å². The quantitative estimate of drug-likeness (QED) is 0.861. The van der Waals surface area contributed by atoms with Gasteiger partial charge in [-0.25, -0.2) is 0 Å². The van der Waals surface area contributed by atoms with Crippen LogP contribution >= 0.6 is 0 Å². The Kier molecular flexibility index (Phi) is 3.50. The van der Waals surface area contributed by atoms with Crippen LogP contribution in [0.5, 0.6) is 5.75 Å². The Bertz CT molecular complexity index is 449. The molecule has 1 aliphatic carbocycles. The largest absolute Gasteiger partial charge is 0.493 e. The Balaban J connectivity index is 1.93. The van der Waals surface area contributed by atoms with E-state index in [0.717, 1.165) is 49.0 Å². The predicted octanol–water partition coefficient (Wildman–Crippen LogP) is 2.74. The zero-order valence-electron chi connectivity index (χ0n) is 11.3. The van der Waals surface area contributed by atoms with E-state index < -0.39 is 11.7 Å². The van der Waals surface area contributed by atoms with Crippen molar-refractivity contribution < 1.29 is 14.9 Å². The third-order valence-corrected chi connectivity index (χ3v) is 4.49. The molecule has 0 bridgehead atoms. The summed E-state index contributed by atoms with van der Waals surface area (Å²) >= 11 is 0. The monoisotopic (exact) mass is 262 g/mol. The highest BCUT2D eigenvalue weighted by Gasteiger charge is 2.39. The zero-order chi connectivity index (χ0) is 13.3. The van der Waals surface area contributed by atoms with Crippen LogP contribution in [0.25, 0.3) is 0 Å². The molecule has 0 amide bonds. The van der Waals surface area contributed by atoms with Crippen LogP contribution in [0.1, 0.15) is 55.8 Å². The second kappa shape index (κ2) is 5.14. The Hall–Kier alpha value is -1.06. The molecule has 3 nitrogen and oxygen atoms in total. The van der Waals surface area contributed by atoms with Gasteiger partial charge in [0.1, 0.15) is 11.9 Å². The fourth-order valence-electron chi connectivity index (χ4n) is 3.36. The standard InChI is InChI=1S/C16H22O3/c17-15(16(18)9-2-1-3-10-16)13-8-4-6-12-7-5-11-19-14(12)13/h4,6,8,15,17-18H,1-3,5,7,9-11H2. The summed E-state index contributed by atoms with van der Waals surface area (Å²) in [6.07, 6.45) is 5.67. The average Bonchev–Trinajstić information content (AvgIpc) is 2.47. The van der Waals surface area contributed by atoms with Gasteiger partial charge in [0.05, 0.1) is 12.2 Å². The van der Waals surface area contributed by atoms with Crippen molar-refractivity contribution in [3.05, 3.63) is 29.3 Å². The lowest BCUT2D eigenvalue weighted by molar-refractivity contribution is -0.1000. The number of hydrogen-bond acceptors (Lipinski definition) is 3. The molecule has 19 heavy (non-hydrogen) atoms. The van der Waals surface area contributed by atoms with Gasteiger partial charge >= 0.3 is 0 Å². The van der Waals surface area contributed by atoms with Gasteiger partial charge in [-0.3, -0.25) is 0 Å². The van der Waals surface area contributed by atoms with Crippen molar-refractivity contribution >= 4 is 0 Å². The minimum Gasteiger partial charge on any atom is -0.493 e. The van der Waals surface area contributed by atoms with E-state index in [2.05, 4.69) is 6.07 Å². The van der Waals surface area contributed by atoms with E-state index in [1.54, 1.807) is 0 Å². The van der Waals surface area contributed by atoms with Gasteiger partial charge in [-0.1, -0.05) is 37.5 Å². The Morgan fingerprint density at radius 1 is 1.11 bits per heavy atom. The maximum Gasteiger partial charge on any atom is 0.128 e. The van der Waals surface area contributed by atoms with Crippen molar-refractivity contribution in [3.8, 4) is 5.75 Å². The third-order valence-electron chi connectivity index (χ3n) is 4.49. The van der Waals surface area contributed by atoms with E-state index in [1.807, 2.05) is 12.1 Å². The summed E-state index contributed by atoms with van der Waals surface area (Å²) in [6, 6.07) is 5.90. The first-order valence-corrected chi connectivity index (χ1v) is 7.36. The first-order chi connectivity index (χ1) is 9.21. The van der Waals surface area contributed by atoms with Gasteiger partial charge in [0.2, 0.25) is 0 Å². The predicted molar refractivity (Wildman–Crippen MR) is 73.3 cm³/mol. The molecule has 1 aromatic rings. The van der Waals surface area contributed by atoms with Gasteiger partial charge < -0.3 is 14.9 Å². The van der Waals surface area contributed by atoms with Crippen molar-refractivity contribution in [1.82, 2.24) is 0 Å². The minimum absolute atomic E-state index is 0.678. The van der Waals surface area contributed by atoms with E-state index >= 15 is 0 Å². The van der Waals surface area contributed by atoms with Gasteiger partial charge in [-0.2, -0.15) is 0 Å². The molecule has 1 aromatic carbocycles. The van der Waals surface area contributed by atoms with Gasteiger partial charge in [0.15, 0.2) is 0 Å². The number of benzene rings is 1. The fraction of sp³-hybridized carbons (Fsp3) is 0.625. The summed E-state index contributed by atoms with van der Waals surface area (Å²) in [5.41, 5.74) is 0.942. The van der Waals surface area contributed by atoms with Gasteiger partial charge in [0.25, 0.3) is 0 Å². The van der Waals surface area contributed by atoms with Crippen LogP contribution in [0, 0.1) is 0 Å². The Labute approximate surface area is 114 Å². The van der Waals surface area contributed by atoms with Crippen molar-refractivity contribution in [1.29, 1.82) is 0 Å². The molecule has 2 N–H and O–H groups in total. The zero-order valence-corrected chi connectivity index (χ0v) is 11.3. The topological polar surface area (TPSA) is 49.7 Å². The van der Waals surface area contributed by atoms with Gasteiger partial charge in [-0.15, -0.1) is 0 Å². The molecule has 3 heteroatoms. The molecule has 1 aliphatic heterocycles. The van der Waals surface area contributed by atoms with Crippen LogP contribution < -0.4 is 4.74 Å². The number of ether oxygens (including phenoxy) is 1. The number of hydrogen-bond donors (Lipinski definition) is 2. The average molecular weight is 262 g/mol. The first kappa shape index (κ1) is 12.9. The summed E-state index contributed by atoms with van der Waals surface area (Å²) in [5.74, 6) is 0.806. The molecule has 1 unspecified atom stereocenters. The smallest absolute Gasteiger partial charge is 0.128 e. The van der Waals surface area contributed by atoms with Crippen LogP contribution in [0.4, 0.5) is 0 Å². The number of para-hydroxylation sites is 1. The fourth-order valence-corrected chi connectivity index (χ4v) is 3.36. The number of aliphatic hydroxyl groups excluding tert-OH is 1. The highest BCUT2D eigenvalue weighted by atomic mass is 16.5. The summed E-state index contributed by atoms with van der Waals surface area (Å²) in [5, 5.41) is 21.3. The molecule has 0 aromatic heterocycles. The molecular weight excluding hydrogens is 240 g/mol. The van der Waals surface area contributed by atoms with Crippen LogP contribution in [0.15, 0.2) is 18.2 Å². The van der Waals surface area contributed by atoms with Crippen molar-refractivity contribution in [2.24, 2.45) is 0 Å². The number of rotatable bonds is 2. The molecule has 1 heterocycles. The van der Waals surface area contributed by atoms with Crippen LogP contribution in [0.3, 0.4) is 0 Å². The maximum absolute atomic E-state index is 10.7. The third kappa shape index (κ3) is 2.37. The molecule has 2 aliphatic rings. The molecule has 3 rings (SSSR count). The maximum atomic E-state index is 10.7. The highest BCUT2D eigenvalue weighted by molar-refractivity contribution is 5.44. The molecular formula is C16H22O3. The van der Waals surface area contributed by atoms with Crippen molar-refractivity contribution in [2.45, 2.75) is 56.7 Å². The summed E-state index contributed by atoms with van der Waals surface area (Å²) in [4.78, 5) is 0. The molecule has 0 saturated heterocycles. The lowest BCUT2D eigenvalue weighted by Gasteiger charge is -2.37. The first-order valence-electron chi connectivity index (χ1n) is 7.36. The normalized spacial score (nSPS) is 23.3. The summed E-state index contributed by atoms with van der Waals surface area (Å²) < 4.78 is 5.74. The highest BCUT2D eigenvalue weighted by Crippen LogP contribution is 2.42. The van der Waals surface area contributed by atoms with Crippen molar-refractivity contribution in [3.63, 3.8) is 0 Å². The Morgan fingerprint density at radius 2 is 1.89 bits per heavy atom. The van der Waals surface area contributed by atoms with Gasteiger partial charge in [-0.05, 0) is 31.2 Å². The Morgan fingerprint density at radius 3 is 2.68 bits per heavy atom.